The molecule has 1 atom stereocenters. The number of aromatic nitrogens is 2. The van der Waals surface area contributed by atoms with Gasteiger partial charge in [-0.2, -0.15) is 0 Å². The number of ether oxygens (including phenoxy) is 2. The van der Waals surface area contributed by atoms with Crippen molar-refractivity contribution in [3.63, 3.8) is 0 Å². The van der Waals surface area contributed by atoms with Crippen molar-refractivity contribution in [1.29, 1.82) is 0 Å². The highest BCUT2D eigenvalue weighted by Crippen LogP contribution is 2.54. The standard InChI is InChI=1S/C44H48ClN7O5S/c45-37-5-2-1-4-35(37)39-6-3-17-51(39)32-25-44(26-32)14-18-50(19-15-44)31-7-9-36(41(23-31)57-33-22-30-11-16-46-42(30)48-28-33)43(53)49-58-34-8-10-38(40(24-34)52(54)55)47-27-29-12-20-56-21-13-29/h1-2,4-5,7-11,16,22-24,28-29,32,39,47H,3,6,12-15,17-21,25-27H2,(H,46,48)(H,49,53)/t39-/m0/s1. The third-order valence-corrected chi connectivity index (χ3v) is 13.8. The lowest BCUT2D eigenvalue weighted by atomic mass is 9.60. The van der Waals surface area contributed by atoms with Gasteiger partial charge in [-0.1, -0.05) is 29.8 Å². The summed E-state index contributed by atoms with van der Waals surface area (Å²) in [5.74, 6) is 0.957. The molecule has 2 aromatic heterocycles. The molecule has 4 fully saturated rings. The number of amides is 1. The Bertz CT molecular complexity index is 2280. The molecule has 3 N–H and O–H groups in total. The van der Waals surface area contributed by atoms with Crippen LogP contribution in [-0.4, -0.2) is 71.1 Å². The van der Waals surface area contributed by atoms with Crippen LogP contribution in [0, 0.1) is 21.4 Å². The maximum absolute atomic E-state index is 13.8. The minimum absolute atomic E-state index is 0.0367. The quantitative estimate of drug-likeness (QED) is 0.0634. The molecule has 1 spiro atoms. The number of nitrogens with one attached hydrogen (secondary N) is 3. The Balaban J connectivity index is 0.874. The summed E-state index contributed by atoms with van der Waals surface area (Å²) >= 11 is 7.69. The molecule has 3 aromatic carbocycles. The molecule has 58 heavy (non-hydrogen) atoms. The fourth-order valence-electron chi connectivity index (χ4n) is 9.45. The summed E-state index contributed by atoms with van der Waals surface area (Å²) in [5, 5.41) is 17.1. The first-order chi connectivity index (χ1) is 28.3. The number of pyridine rings is 1. The Labute approximate surface area is 347 Å². The van der Waals surface area contributed by atoms with Crippen molar-refractivity contribution >= 4 is 57.6 Å². The van der Waals surface area contributed by atoms with Crippen molar-refractivity contribution in [3.05, 3.63) is 111 Å². The van der Waals surface area contributed by atoms with Crippen molar-refractivity contribution in [2.75, 3.05) is 49.6 Å². The number of hydrogen-bond acceptors (Lipinski definition) is 10. The maximum Gasteiger partial charge on any atom is 0.293 e. The SMILES string of the molecule is O=C(NSc1ccc(NCC2CCOCC2)c([N+](=O)[O-])c1)c1ccc(N2CCC3(CC2)CC(N2CCC[C@H]2c2ccccc2Cl)C3)cc1Oc1cnc2[nH]ccc2c1. The smallest absolute Gasteiger partial charge is 0.293 e. The average Bonchev–Trinajstić information content (AvgIpc) is 3.92. The predicted octanol–water partition coefficient (Wildman–Crippen LogP) is 9.78. The largest absolute Gasteiger partial charge is 0.455 e. The maximum atomic E-state index is 13.8. The van der Waals surface area contributed by atoms with Crippen LogP contribution in [0.15, 0.2) is 90.1 Å². The topological polar surface area (TPSA) is 138 Å². The van der Waals surface area contributed by atoms with Crippen molar-refractivity contribution in [1.82, 2.24) is 19.6 Å². The van der Waals surface area contributed by atoms with Crippen molar-refractivity contribution < 1.29 is 19.2 Å². The number of carbonyl (C=O) groups excluding carboxylic acids is 1. The van der Waals surface area contributed by atoms with Gasteiger partial charge < -0.3 is 24.7 Å². The number of nitro groups is 1. The molecule has 0 bridgehead atoms. The number of anilines is 2. The van der Waals surface area contributed by atoms with Gasteiger partial charge in [0, 0.05) is 84.3 Å². The molecule has 3 saturated heterocycles. The first kappa shape index (κ1) is 38.7. The van der Waals surface area contributed by atoms with Gasteiger partial charge in [-0.05, 0) is 129 Å². The highest BCUT2D eigenvalue weighted by molar-refractivity contribution is 7.98. The van der Waals surface area contributed by atoms with Crippen LogP contribution in [0.25, 0.3) is 11.0 Å². The fraction of sp³-hybridized carbons (Fsp3) is 0.409. The van der Waals surface area contributed by atoms with Crippen LogP contribution in [0.4, 0.5) is 17.1 Å². The Morgan fingerprint density at radius 2 is 1.86 bits per heavy atom. The Morgan fingerprint density at radius 3 is 2.67 bits per heavy atom. The molecular formula is C44H48ClN7O5S. The van der Waals surface area contributed by atoms with E-state index in [0.717, 1.165) is 85.4 Å². The Kier molecular flexibility index (Phi) is 11.2. The zero-order chi connectivity index (χ0) is 39.6. The number of H-pyrrole nitrogens is 1. The second kappa shape index (κ2) is 16.8. The molecule has 302 valence electrons. The van der Waals surface area contributed by atoms with E-state index >= 15 is 0 Å². The van der Waals surface area contributed by atoms with Crippen LogP contribution in [0.5, 0.6) is 11.5 Å². The second-order valence-corrected chi connectivity index (χ2v) is 17.5. The van der Waals surface area contributed by atoms with E-state index < -0.39 is 4.92 Å². The fourth-order valence-corrected chi connectivity index (χ4v) is 10.3. The third kappa shape index (κ3) is 8.22. The monoisotopic (exact) mass is 821 g/mol. The summed E-state index contributed by atoms with van der Waals surface area (Å²) in [6.07, 6.45) is 12.4. The summed E-state index contributed by atoms with van der Waals surface area (Å²) in [6.45, 7) is 5.06. The number of carbonyl (C=O) groups is 1. The molecule has 5 aromatic rings. The van der Waals surface area contributed by atoms with Crippen LogP contribution in [0.1, 0.15) is 73.3 Å². The van der Waals surface area contributed by atoms with Crippen LogP contribution in [0.3, 0.4) is 0 Å². The molecular weight excluding hydrogens is 774 g/mol. The summed E-state index contributed by atoms with van der Waals surface area (Å²) in [7, 11) is 0. The number of likely N-dealkylation sites (tertiary alicyclic amines) is 1. The van der Waals surface area contributed by atoms with Crippen molar-refractivity contribution in [3.8, 4) is 11.5 Å². The van der Waals surface area contributed by atoms with Gasteiger partial charge in [-0.3, -0.25) is 24.5 Å². The number of piperidine rings is 1. The lowest BCUT2D eigenvalue weighted by molar-refractivity contribution is -0.384. The normalized spacial score (nSPS) is 19.9. The van der Waals surface area contributed by atoms with Crippen LogP contribution >= 0.6 is 23.5 Å². The average molecular weight is 822 g/mol. The van der Waals surface area contributed by atoms with E-state index in [1.807, 2.05) is 42.6 Å². The van der Waals surface area contributed by atoms with Gasteiger partial charge in [0.15, 0.2) is 0 Å². The molecule has 9 rings (SSSR count). The number of rotatable bonds is 12. The summed E-state index contributed by atoms with van der Waals surface area (Å²) in [4.78, 5) is 38.7. The van der Waals surface area contributed by atoms with Gasteiger partial charge in [-0.25, -0.2) is 4.98 Å². The van der Waals surface area contributed by atoms with E-state index in [0.29, 0.717) is 70.8 Å². The molecule has 1 amide bonds. The summed E-state index contributed by atoms with van der Waals surface area (Å²) < 4.78 is 14.8. The van der Waals surface area contributed by atoms with Gasteiger partial charge in [0.2, 0.25) is 0 Å². The molecule has 0 radical (unpaired) electrons. The van der Waals surface area contributed by atoms with E-state index in [1.165, 1.54) is 30.9 Å². The molecule has 5 heterocycles. The van der Waals surface area contributed by atoms with E-state index in [2.05, 4.69) is 41.9 Å². The number of aromatic amines is 1. The molecule has 0 unspecified atom stereocenters. The molecule has 14 heteroatoms. The lowest BCUT2D eigenvalue weighted by Crippen LogP contribution is -2.54. The van der Waals surface area contributed by atoms with Gasteiger partial charge in [0.1, 0.15) is 22.8 Å². The van der Waals surface area contributed by atoms with Crippen molar-refractivity contribution in [2.45, 2.75) is 68.3 Å². The summed E-state index contributed by atoms with van der Waals surface area (Å²) in [5.41, 5.74) is 4.14. The number of benzene rings is 3. The minimum atomic E-state index is -0.394. The minimum Gasteiger partial charge on any atom is -0.455 e. The lowest BCUT2D eigenvalue weighted by Gasteiger charge is -2.56. The highest BCUT2D eigenvalue weighted by Gasteiger charge is 2.50. The Hall–Kier alpha value is -4.82. The number of halogens is 1. The van der Waals surface area contributed by atoms with E-state index in [9.17, 15) is 14.9 Å². The molecule has 12 nitrogen and oxygen atoms in total. The molecule has 1 aliphatic carbocycles. The van der Waals surface area contributed by atoms with Crippen LogP contribution in [-0.2, 0) is 4.74 Å². The zero-order valence-corrected chi connectivity index (χ0v) is 33.9. The molecule has 1 saturated carbocycles. The zero-order valence-electron chi connectivity index (χ0n) is 32.3. The Morgan fingerprint density at radius 1 is 1.03 bits per heavy atom. The number of hydrogen-bond donors (Lipinski definition) is 3. The number of nitrogens with zero attached hydrogens (tertiary/aromatic N) is 4. The van der Waals surface area contributed by atoms with Gasteiger partial charge in [0.25, 0.3) is 11.6 Å². The molecule has 3 aliphatic heterocycles. The van der Waals surface area contributed by atoms with Gasteiger partial charge in [-0.15, -0.1) is 0 Å². The van der Waals surface area contributed by atoms with E-state index in [4.69, 9.17) is 21.1 Å². The number of fused-ring (bicyclic) bond motifs is 1. The van der Waals surface area contributed by atoms with Crippen molar-refractivity contribution in [2.24, 2.45) is 11.3 Å². The third-order valence-electron chi connectivity index (χ3n) is 12.7. The first-order valence-corrected chi connectivity index (χ1v) is 21.6. The van der Waals surface area contributed by atoms with Crippen LogP contribution in [0.2, 0.25) is 5.02 Å². The van der Waals surface area contributed by atoms with Gasteiger partial charge >= 0.3 is 0 Å². The predicted molar refractivity (Wildman–Crippen MR) is 228 cm³/mol. The second-order valence-electron chi connectivity index (χ2n) is 16.2. The first-order valence-electron chi connectivity index (χ1n) is 20.4. The van der Waals surface area contributed by atoms with E-state index in [-0.39, 0.29) is 11.6 Å². The number of nitro benzene ring substituents is 1. The van der Waals surface area contributed by atoms with Crippen LogP contribution < -0.4 is 19.7 Å². The summed E-state index contributed by atoms with van der Waals surface area (Å²) in [6, 6.07) is 23.9. The molecule has 4 aliphatic rings. The van der Waals surface area contributed by atoms with Gasteiger partial charge in [0.05, 0.1) is 16.7 Å². The van der Waals surface area contributed by atoms with E-state index in [1.54, 1.807) is 24.4 Å². The highest BCUT2D eigenvalue weighted by atomic mass is 35.5.